The summed E-state index contributed by atoms with van der Waals surface area (Å²) in [5, 5.41) is 6.06. The van der Waals surface area contributed by atoms with Crippen LogP contribution in [0.3, 0.4) is 0 Å². The number of nitrogens with one attached hydrogen (secondary N) is 2. The molecule has 26 heavy (non-hydrogen) atoms. The Morgan fingerprint density at radius 1 is 1.08 bits per heavy atom. The molecule has 0 spiro atoms. The number of carbonyl (C=O) groups is 1. The van der Waals surface area contributed by atoms with Crippen molar-refractivity contribution in [3.63, 3.8) is 0 Å². The van der Waals surface area contributed by atoms with Gasteiger partial charge in [-0.25, -0.2) is 4.98 Å². The van der Waals surface area contributed by atoms with Gasteiger partial charge in [-0.3, -0.25) is 9.78 Å². The third kappa shape index (κ3) is 4.57. The first kappa shape index (κ1) is 17.4. The third-order valence-electron chi connectivity index (χ3n) is 3.66. The molecule has 0 aliphatic rings. The number of amides is 1. The maximum Gasteiger partial charge on any atom is 0.257 e. The van der Waals surface area contributed by atoms with E-state index in [1.807, 2.05) is 37.3 Å². The molecular weight excluding hydrogens is 328 g/mol. The molecule has 2 aromatic heterocycles. The highest BCUT2D eigenvalue weighted by molar-refractivity contribution is 6.04. The van der Waals surface area contributed by atoms with Crippen molar-refractivity contribution < 1.29 is 9.53 Å². The molecule has 0 unspecified atom stereocenters. The zero-order valence-corrected chi connectivity index (χ0v) is 14.5. The van der Waals surface area contributed by atoms with Gasteiger partial charge in [0.1, 0.15) is 11.6 Å². The molecule has 0 radical (unpaired) electrons. The minimum atomic E-state index is -0.233. The van der Waals surface area contributed by atoms with Crippen molar-refractivity contribution in [2.45, 2.75) is 13.5 Å². The Labute approximate surface area is 152 Å². The smallest absolute Gasteiger partial charge is 0.257 e. The highest BCUT2D eigenvalue weighted by Gasteiger charge is 2.10. The van der Waals surface area contributed by atoms with Crippen molar-refractivity contribution >= 4 is 17.4 Å². The Bertz CT molecular complexity index is 851. The van der Waals surface area contributed by atoms with E-state index in [4.69, 9.17) is 4.74 Å². The Morgan fingerprint density at radius 2 is 1.96 bits per heavy atom. The van der Waals surface area contributed by atoms with Crippen molar-refractivity contribution in [3.8, 4) is 5.75 Å². The Morgan fingerprint density at radius 3 is 2.69 bits per heavy atom. The first-order valence-electron chi connectivity index (χ1n) is 8.38. The zero-order chi connectivity index (χ0) is 18.2. The largest absolute Gasteiger partial charge is 0.492 e. The summed E-state index contributed by atoms with van der Waals surface area (Å²) in [5.41, 5.74) is 2.17. The molecule has 0 saturated carbocycles. The Kier molecular flexibility index (Phi) is 5.77. The zero-order valence-electron chi connectivity index (χ0n) is 14.5. The highest BCUT2D eigenvalue weighted by atomic mass is 16.5. The van der Waals surface area contributed by atoms with Crippen molar-refractivity contribution in [2.75, 3.05) is 17.2 Å². The molecule has 0 aliphatic heterocycles. The molecule has 0 saturated heterocycles. The van der Waals surface area contributed by atoms with Crippen molar-refractivity contribution in [1.29, 1.82) is 0 Å². The van der Waals surface area contributed by atoms with Crippen LogP contribution in [-0.4, -0.2) is 22.5 Å². The number of pyridine rings is 2. The molecule has 2 heterocycles. The van der Waals surface area contributed by atoms with E-state index in [2.05, 4.69) is 20.6 Å². The highest BCUT2D eigenvalue weighted by Crippen LogP contribution is 2.24. The summed E-state index contributed by atoms with van der Waals surface area (Å²) in [6, 6.07) is 14.7. The normalized spacial score (nSPS) is 10.2. The molecule has 2 N–H and O–H groups in total. The predicted molar refractivity (Wildman–Crippen MR) is 101 cm³/mol. The van der Waals surface area contributed by atoms with Crippen molar-refractivity contribution in [1.82, 2.24) is 9.97 Å². The maximum absolute atomic E-state index is 12.4. The molecule has 6 nitrogen and oxygen atoms in total. The summed E-state index contributed by atoms with van der Waals surface area (Å²) in [6.45, 7) is 3.06. The van der Waals surface area contributed by atoms with Crippen molar-refractivity contribution in [3.05, 3.63) is 78.2 Å². The van der Waals surface area contributed by atoms with Gasteiger partial charge in [-0.2, -0.15) is 0 Å². The van der Waals surface area contributed by atoms with Crippen LogP contribution < -0.4 is 15.4 Å². The number of carbonyl (C=O) groups excluding carboxylic acids is 1. The van der Waals surface area contributed by atoms with E-state index in [1.54, 1.807) is 36.8 Å². The van der Waals surface area contributed by atoms with Crippen LogP contribution in [-0.2, 0) is 6.54 Å². The van der Waals surface area contributed by atoms with Crippen LogP contribution in [0.1, 0.15) is 22.8 Å². The van der Waals surface area contributed by atoms with Crippen LogP contribution in [0.15, 0.2) is 67.1 Å². The van der Waals surface area contributed by atoms with Gasteiger partial charge in [0.25, 0.3) is 5.91 Å². The maximum atomic E-state index is 12.4. The van der Waals surface area contributed by atoms with Gasteiger partial charge in [0.2, 0.25) is 0 Å². The van der Waals surface area contributed by atoms with E-state index in [0.29, 0.717) is 36.0 Å². The first-order valence-corrected chi connectivity index (χ1v) is 8.38. The summed E-state index contributed by atoms with van der Waals surface area (Å²) in [4.78, 5) is 20.8. The van der Waals surface area contributed by atoms with Crippen molar-refractivity contribution in [2.24, 2.45) is 0 Å². The average Bonchev–Trinajstić information content (AvgIpc) is 2.69. The molecule has 3 aromatic rings. The predicted octanol–water partition coefficient (Wildman–Crippen LogP) is 3.74. The fourth-order valence-corrected chi connectivity index (χ4v) is 2.37. The standard InChI is InChI=1S/C20H20N4O2/c1-2-26-18-8-4-3-7-17(18)24-20(25)16-9-10-19(23-14-16)22-13-15-6-5-11-21-12-15/h3-12,14H,2,13H2,1H3,(H,22,23)(H,24,25). The van der Waals surface area contributed by atoms with E-state index in [0.717, 1.165) is 5.56 Å². The van der Waals surface area contributed by atoms with Crippen LogP contribution >= 0.6 is 0 Å². The summed E-state index contributed by atoms with van der Waals surface area (Å²) in [7, 11) is 0. The van der Waals surface area contributed by atoms with Crippen LogP contribution in [0.25, 0.3) is 0 Å². The number of hydrogen-bond donors (Lipinski definition) is 2. The van der Waals surface area contributed by atoms with E-state index in [9.17, 15) is 4.79 Å². The van der Waals surface area contributed by atoms with Crippen LogP contribution in [0.2, 0.25) is 0 Å². The molecule has 0 fully saturated rings. The second-order valence-electron chi connectivity index (χ2n) is 5.53. The van der Waals surface area contributed by atoms with E-state index >= 15 is 0 Å². The van der Waals surface area contributed by atoms with Crippen LogP contribution in [0.4, 0.5) is 11.5 Å². The second-order valence-corrected chi connectivity index (χ2v) is 5.53. The lowest BCUT2D eigenvalue weighted by Gasteiger charge is -2.11. The topological polar surface area (TPSA) is 76.1 Å². The van der Waals surface area contributed by atoms with Gasteiger partial charge < -0.3 is 15.4 Å². The minimum Gasteiger partial charge on any atom is -0.492 e. The fourth-order valence-electron chi connectivity index (χ4n) is 2.37. The summed E-state index contributed by atoms with van der Waals surface area (Å²) < 4.78 is 5.52. The molecule has 3 rings (SSSR count). The lowest BCUT2D eigenvalue weighted by molar-refractivity contribution is 0.102. The Hall–Kier alpha value is -3.41. The number of anilines is 2. The number of para-hydroxylation sites is 2. The summed E-state index contributed by atoms with van der Waals surface area (Å²) >= 11 is 0. The third-order valence-corrected chi connectivity index (χ3v) is 3.66. The van der Waals surface area contributed by atoms with Gasteiger partial charge in [0.15, 0.2) is 0 Å². The summed E-state index contributed by atoms with van der Waals surface area (Å²) in [5.74, 6) is 1.11. The SMILES string of the molecule is CCOc1ccccc1NC(=O)c1ccc(NCc2cccnc2)nc1. The van der Waals surface area contributed by atoms with Gasteiger partial charge in [0.05, 0.1) is 17.9 Å². The number of nitrogens with zero attached hydrogens (tertiary/aromatic N) is 2. The summed E-state index contributed by atoms with van der Waals surface area (Å²) in [6.07, 6.45) is 5.08. The quantitative estimate of drug-likeness (QED) is 0.680. The first-order chi connectivity index (χ1) is 12.8. The average molecular weight is 348 g/mol. The molecule has 0 aliphatic carbocycles. The lowest BCUT2D eigenvalue weighted by atomic mass is 10.2. The van der Waals surface area contributed by atoms with Gasteiger partial charge in [-0.05, 0) is 42.8 Å². The molecule has 1 amide bonds. The number of rotatable bonds is 7. The lowest BCUT2D eigenvalue weighted by Crippen LogP contribution is -2.13. The second kappa shape index (κ2) is 8.62. The molecule has 132 valence electrons. The number of benzene rings is 1. The van der Waals surface area contributed by atoms with Crippen LogP contribution in [0.5, 0.6) is 5.75 Å². The monoisotopic (exact) mass is 348 g/mol. The van der Waals surface area contributed by atoms with Gasteiger partial charge in [-0.15, -0.1) is 0 Å². The fraction of sp³-hybridized carbons (Fsp3) is 0.150. The van der Waals surface area contributed by atoms with E-state index in [1.165, 1.54) is 0 Å². The molecule has 6 heteroatoms. The number of ether oxygens (including phenoxy) is 1. The number of hydrogen-bond acceptors (Lipinski definition) is 5. The van der Waals surface area contributed by atoms with Gasteiger partial charge in [0, 0.05) is 25.1 Å². The van der Waals surface area contributed by atoms with E-state index in [-0.39, 0.29) is 5.91 Å². The molecule has 0 bridgehead atoms. The van der Waals surface area contributed by atoms with Crippen LogP contribution in [0, 0.1) is 0 Å². The minimum absolute atomic E-state index is 0.233. The molecule has 0 atom stereocenters. The molecular formula is C20H20N4O2. The van der Waals surface area contributed by atoms with Gasteiger partial charge >= 0.3 is 0 Å². The Balaban J connectivity index is 1.62. The number of aromatic nitrogens is 2. The van der Waals surface area contributed by atoms with E-state index < -0.39 is 0 Å². The van der Waals surface area contributed by atoms with Gasteiger partial charge in [-0.1, -0.05) is 18.2 Å². The molecule has 1 aromatic carbocycles.